The standard InChI is InChI=1S/C15H24N4O2/c1-10(17-4)11-6-5-7-12(8-11)19-14(21)18-9-15(2,3)13(16)20/h5-8,10,17H,9H2,1-4H3,(H2,16,20)(H2,18,19,21). The van der Waals surface area contributed by atoms with E-state index in [0.717, 1.165) is 5.56 Å². The third-order valence-electron chi connectivity index (χ3n) is 3.44. The highest BCUT2D eigenvalue weighted by atomic mass is 16.2. The predicted molar refractivity (Wildman–Crippen MR) is 83.9 cm³/mol. The molecule has 0 fully saturated rings. The van der Waals surface area contributed by atoms with Gasteiger partial charge in [-0.2, -0.15) is 0 Å². The zero-order valence-corrected chi connectivity index (χ0v) is 13.0. The molecule has 21 heavy (non-hydrogen) atoms. The Morgan fingerprint density at radius 1 is 1.33 bits per heavy atom. The van der Waals surface area contributed by atoms with E-state index in [9.17, 15) is 9.59 Å². The van der Waals surface area contributed by atoms with Gasteiger partial charge in [0.15, 0.2) is 0 Å². The maximum absolute atomic E-state index is 11.8. The number of amides is 3. The lowest BCUT2D eigenvalue weighted by Crippen LogP contribution is -2.43. The van der Waals surface area contributed by atoms with E-state index in [4.69, 9.17) is 5.73 Å². The number of anilines is 1. The Morgan fingerprint density at radius 3 is 2.57 bits per heavy atom. The van der Waals surface area contributed by atoms with Gasteiger partial charge in [-0.1, -0.05) is 12.1 Å². The lowest BCUT2D eigenvalue weighted by Gasteiger charge is -2.21. The second-order valence-electron chi connectivity index (χ2n) is 5.69. The van der Waals surface area contributed by atoms with Crippen LogP contribution in [0, 0.1) is 5.41 Å². The van der Waals surface area contributed by atoms with Crippen molar-refractivity contribution in [1.82, 2.24) is 10.6 Å². The highest BCUT2D eigenvalue weighted by molar-refractivity contribution is 5.90. The summed E-state index contributed by atoms with van der Waals surface area (Å²) in [6.07, 6.45) is 0. The summed E-state index contributed by atoms with van der Waals surface area (Å²) in [5.41, 5.74) is 6.26. The Balaban J connectivity index is 2.61. The minimum atomic E-state index is -0.778. The van der Waals surface area contributed by atoms with Crippen LogP contribution in [-0.4, -0.2) is 25.5 Å². The minimum absolute atomic E-state index is 0.181. The molecule has 116 valence electrons. The van der Waals surface area contributed by atoms with Crippen molar-refractivity contribution in [3.63, 3.8) is 0 Å². The van der Waals surface area contributed by atoms with Crippen molar-refractivity contribution < 1.29 is 9.59 Å². The SMILES string of the molecule is CNC(C)c1cccc(NC(=O)NCC(C)(C)C(N)=O)c1. The van der Waals surface area contributed by atoms with E-state index in [1.807, 2.05) is 38.2 Å². The molecule has 0 aromatic heterocycles. The number of carbonyl (C=O) groups is 2. The predicted octanol–water partition coefficient (Wildman–Crippen LogP) is 1.60. The molecule has 1 atom stereocenters. The van der Waals surface area contributed by atoms with Crippen LogP contribution >= 0.6 is 0 Å². The smallest absolute Gasteiger partial charge is 0.319 e. The maximum Gasteiger partial charge on any atom is 0.319 e. The topological polar surface area (TPSA) is 96.2 Å². The minimum Gasteiger partial charge on any atom is -0.369 e. The molecule has 0 spiro atoms. The van der Waals surface area contributed by atoms with Crippen LogP contribution in [-0.2, 0) is 4.79 Å². The van der Waals surface area contributed by atoms with Crippen molar-refractivity contribution in [2.45, 2.75) is 26.8 Å². The van der Waals surface area contributed by atoms with Gasteiger partial charge in [0, 0.05) is 18.3 Å². The Hall–Kier alpha value is -2.08. The molecule has 6 nitrogen and oxygen atoms in total. The summed E-state index contributed by atoms with van der Waals surface area (Å²) in [6.45, 7) is 5.59. The highest BCUT2D eigenvalue weighted by Gasteiger charge is 2.25. The summed E-state index contributed by atoms with van der Waals surface area (Å²) in [7, 11) is 1.88. The molecule has 1 rings (SSSR count). The summed E-state index contributed by atoms with van der Waals surface area (Å²) in [5.74, 6) is -0.451. The van der Waals surface area contributed by atoms with Crippen molar-refractivity contribution >= 4 is 17.6 Å². The second kappa shape index (κ2) is 7.08. The molecular formula is C15H24N4O2. The number of rotatable bonds is 6. The van der Waals surface area contributed by atoms with Crippen molar-refractivity contribution in [3.8, 4) is 0 Å². The molecule has 0 heterocycles. The number of benzene rings is 1. The van der Waals surface area contributed by atoms with Crippen molar-refractivity contribution in [1.29, 1.82) is 0 Å². The average Bonchev–Trinajstić information content (AvgIpc) is 2.44. The average molecular weight is 292 g/mol. The van der Waals surface area contributed by atoms with Gasteiger partial charge in [-0.15, -0.1) is 0 Å². The van der Waals surface area contributed by atoms with E-state index in [1.165, 1.54) is 0 Å². The van der Waals surface area contributed by atoms with E-state index < -0.39 is 11.3 Å². The zero-order chi connectivity index (χ0) is 16.0. The molecule has 6 heteroatoms. The fourth-order valence-corrected chi connectivity index (χ4v) is 1.62. The van der Waals surface area contributed by atoms with E-state index in [2.05, 4.69) is 16.0 Å². The van der Waals surface area contributed by atoms with Gasteiger partial charge in [-0.3, -0.25) is 4.79 Å². The number of urea groups is 1. The summed E-state index contributed by atoms with van der Waals surface area (Å²) in [6, 6.07) is 7.42. The number of nitrogens with two attached hydrogens (primary N) is 1. The first-order valence-electron chi connectivity index (χ1n) is 6.88. The molecule has 0 radical (unpaired) electrons. The summed E-state index contributed by atoms with van der Waals surface area (Å²) in [5, 5.41) is 8.53. The molecule has 1 aromatic carbocycles. The fourth-order valence-electron chi connectivity index (χ4n) is 1.62. The van der Waals surface area contributed by atoms with Crippen LogP contribution in [0.1, 0.15) is 32.4 Å². The third kappa shape index (κ3) is 5.07. The van der Waals surface area contributed by atoms with E-state index in [1.54, 1.807) is 13.8 Å². The molecule has 5 N–H and O–H groups in total. The second-order valence-corrected chi connectivity index (χ2v) is 5.69. The fraction of sp³-hybridized carbons (Fsp3) is 0.467. The van der Waals surface area contributed by atoms with Gasteiger partial charge >= 0.3 is 6.03 Å². The van der Waals surface area contributed by atoms with Crippen LogP contribution in [0.25, 0.3) is 0 Å². The first-order valence-corrected chi connectivity index (χ1v) is 6.88. The number of primary amides is 1. The number of nitrogens with one attached hydrogen (secondary N) is 3. The monoisotopic (exact) mass is 292 g/mol. The molecule has 0 bridgehead atoms. The van der Waals surface area contributed by atoms with Crippen LogP contribution < -0.4 is 21.7 Å². The number of hydrogen-bond donors (Lipinski definition) is 4. The van der Waals surface area contributed by atoms with Gasteiger partial charge in [0.2, 0.25) is 5.91 Å². The van der Waals surface area contributed by atoms with Crippen LogP contribution in [0.4, 0.5) is 10.5 Å². The van der Waals surface area contributed by atoms with E-state index >= 15 is 0 Å². The van der Waals surface area contributed by atoms with Crippen molar-refractivity contribution in [2.75, 3.05) is 18.9 Å². The van der Waals surface area contributed by atoms with Gasteiger partial charge < -0.3 is 21.7 Å². The van der Waals surface area contributed by atoms with E-state index in [0.29, 0.717) is 5.69 Å². The molecule has 0 aliphatic carbocycles. The lowest BCUT2D eigenvalue weighted by atomic mass is 9.93. The van der Waals surface area contributed by atoms with Gasteiger partial charge in [-0.25, -0.2) is 4.79 Å². The van der Waals surface area contributed by atoms with Crippen LogP contribution in [0.3, 0.4) is 0 Å². The Morgan fingerprint density at radius 2 is 2.00 bits per heavy atom. The van der Waals surface area contributed by atoms with Gasteiger partial charge in [-0.05, 0) is 45.5 Å². The van der Waals surface area contributed by atoms with Crippen molar-refractivity contribution in [3.05, 3.63) is 29.8 Å². The van der Waals surface area contributed by atoms with Crippen LogP contribution in [0.15, 0.2) is 24.3 Å². The molecule has 1 unspecified atom stereocenters. The number of carbonyl (C=O) groups excluding carboxylic acids is 2. The first kappa shape index (κ1) is 17.0. The van der Waals surface area contributed by atoms with E-state index in [-0.39, 0.29) is 18.6 Å². The van der Waals surface area contributed by atoms with Gasteiger partial charge in [0.25, 0.3) is 0 Å². The largest absolute Gasteiger partial charge is 0.369 e. The summed E-state index contributed by atoms with van der Waals surface area (Å²) >= 11 is 0. The number of hydrogen-bond acceptors (Lipinski definition) is 3. The van der Waals surface area contributed by atoms with Crippen LogP contribution in [0.5, 0.6) is 0 Å². The molecule has 0 aliphatic heterocycles. The Labute approximate surface area is 125 Å². The Bertz CT molecular complexity index is 514. The third-order valence-corrected chi connectivity index (χ3v) is 3.44. The summed E-state index contributed by atoms with van der Waals surface area (Å²) in [4.78, 5) is 23.0. The molecule has 0 saturated heterocycles. The molecule has 3 amide bonds. The molecule has 1 aromatic rings. The summed E-state index contributed by atoms with van der Waals surface area (Å²) < 4.78 is 0. The first-order chi connectivity index (χ1) is 9.76. The molecule has 0 aliphatic rings. The van der Waals surface area contributed by atoms with Gasteiger partial charge in [0.05, 0.1) is 5.41 Å². The Kier molecular flexibility index (Phi) is 5.72. The van der Waals surface area contributed by atoms with Gasteiger partial charge in [0.1, 0.15) is 0 Å². The molecule has 0 saturated carbocycles. The zero-order valence-electron chi connectivity index (χ0n) is 13.0. The quantitative estimate of drug-likeness (QED) is 0.641. The normalized spacial score (nSPS) is 12.6. The lowest BCUT2D eigenvalue weighted by molar-refractivity contribution is -0.125. The highest BCUT2D eigenvalue weighted by Crippen LogP contribution is 2.17. The van der Waals surface area contributed by atoms with Crippen LogP contribution in [0.2, 0.25) is 0 Å². The molecular weight excluding hydrogens is 268 g/mol. The maximum atomic E-state index is 11.8. The van der Waals surface area contributed by atoms with Crippen molar-refractivity contribution in [2.24, 2.45) is 11.1 Å².